The van der Waals surface area contributed by atoms with Gasteiger partial charge in [0.1, 0.15) is 6.26 Å². The van der Waals surface area contributed by atoms with Crippen molar-refractivity contribution in [1.82, 2.24) is 0 Å². The molecule has 0 rings (SSSR count). The zero-order chi connectivity index (χ0) is 4.99. The van der Waals surface area contributed by atoms with Crippen LogP contribution in [0.15, 0.2) is 12.8 Å². The summed E-state index contributed by atoms with van der Waals surface area (Å²) < 4.78 is 13.8. The molecule has 0 radical (unpaired) electrons. The third kappa shape index (κ3) is 3.60. The molecule has 0 aromatic rings. The Morgan fingerprint density at radius 3 is 2.50 bits per heavy atom. The second kappa shape index (κ2) is 2.82. The quantitative estimate of drug-likeness (QED) is 0.417. The molecule has 3 nitrogen and oxygen atoms in total. The normalized spacial score (nSPS) is 9.83. The Hall–Kier alpha value is -0.400. The van der Waals surface area contributed by atoms with Gasteiger partial charge < -0.3 is 0 Å². The van der Waals surface area contributed by atoms with E-state index in [1.165, 1.54) is 0 Å². The number of hydrogen-bond donors (Lipinski definition) is 1. The van der Waals surface area contributed by atoms with E-state index in [1.807, 2.05) is 0 Å². The van der Waals surface area contributed by atoms with E-state index in [0.29, 0.717) is 0 Å². The third-order valence-electron chi connectivity index (χ3n) is 0.178. The van der Waals surface area contributed by atoms with Crippen LogP contribution in [0.2, 0.25) is 0 Å². The van der Waals surface area contributed by atoms with Crippen molar-refractivity contribution in [2.24, 2.45) is 5.50 Å². The molecule has 0 spiro atoms. The van der Waals surface area contributed by atoms with E-state index in [2.05, 4.69) is 16.6 Å². The van der Waals surface area contributed by atoms with E-state index in [0.717, 1.165) is 6.26 Å². The molecule has 34 valence electrons. The molecule has 0 fully saturated rings. The Kier molecular flexibility index (Phi) is 2.63. The number of rotatable bonds is 2. The van der Waals surface area contributed by atoms with Crippen LogP contribution in [0.3, 0.4) is 0 Å². The van der Waals surface area contributed by atoms with Crippen LogP contribution in [-0.2, 0) is 9.09 Å². The molecule has 0 aliphatic carbocycles. The van der Waals surface area contributed by atoms with Crippen LogP contribution in [0, 0.1) is 0 Å². The standard InChI is InChI=1S/C2H5NO2P/c1-2-5-6(3)4/h2H,1H2,(H2,3,4)/q+1. The van der Waals surface area contributed by atoms with Crippen molar-refractivity contribution < 1.29 is 9.09 Å². The van der Waals surface area contributed by atoms with Crippen LogP contribution in [-0.4, -0.2) is 0 Å². The summed E-state index contributed by atoms with van der Waals surface area (Å²) in [4.78, 5) is 0. The van der Waals surface area contributed by atoms with Gasteiger partial charge in [-0.15, -0.1) is 0 Å². The van der Waals surface area contributed by atoms with Crippen LogP contribution >= 0.6 is 8.18 Å². The molecule has 4 heteroatoms. The topological polar surface area (TPSA) is 52.3 Å². The lowest BCUT2D eigenvalue weighted by Crippen LogP contribution is -1.75. The maximum Gasteiger partial charge on any atom is 0.660 e. The molecule has 0 bridgehead atoms. The van der Waals surface area contributed by atoms with Gasteiger partial charge in [-0.25, -0.2) is 4.52 Å². The summed E-state index contributed by atoms with van der Waals surface area (Å²) >= 11 is 0. The zero-order valence-electron chi connectivity index (χ0n) is 3.13. The minimum atomic E-state index is -1.97. The van der Waals surface area contributed by atoms with Crippen molar-refractivity contribution in [3.63, 3.8) is 0 Å². The molecule has 2 N–H and O–H groups in total. The molecule has 0 aliphatic rings. The summed E-state index contributed by atoms with van der Waals surface area (Å²) in [6.07, 6.45) is 1.04. The average molecular weight is 106 g/mol. The fraction of sp³-hybridized carbons (Fsp3) is 0. The highest BCUT2D eigenvalue weighted by atomic mass is 31.1. The van der Waals surface area contributed by atoms with E-state index in [-0.39, 0.29) is 0 Å². The molecule has 0 saturated heterocycles. The van der Waals surface area contributed by atoms with Gasteiger partial charge in [0.05, 0.1) is 0 Å². The first kappa shape index (κ1) is 5.60. The van der Waals surface area contributed by atoms with E-state index in [1.54, 1.807) is 0 Å². The van der Waals surface area contributed by atoms with Crippen LogP contribution in [0.25, 0.3) is 0 Å². The predicted octanol–water partition coefficient (Wildman–Crippen LogP) is 0.763. The maximum atomic E-state index is 9.68. The molecule has 1 unspecified atom stereocenters. The van der Waals surface area contributed by atoms with Gasteiger partial charge in [-0.2, -0.15) is 0 Å². The van der Waals surface area contributed by atoms with Crippen molar-refractivity contribution >= 4 is 8.18 Å². The lowest BCUT2D eigenvalue weighted by molar-refractivity contribution is 0.465. The van der Waals surface area contributed by atoms with E-state index >= 15 is 0 Å². The first-order chi connectivity index (χ1) is 2.77. The molecule has 0 amide bonds. The van der Waals surface area contributed by atoms with Crippen molar-refractivity contribution in [1.29, 1.82) is 0 Å². The zero-order valence-corrected chi connectivity index (χ0v) is 4.02. The van der Waals surface area contributed by atoms with Gasteiger partial charge in [-0.3, -0.25) is 0 Å². The molecule has 0 aliphatic heterocycles. The second-order valence-electron chi connectivity index (χ2n) is 0.557. The molecule has 0 heterocycles. The van der Waals surface area contributed by atoms with Crippen molar-refractivity contribution in [2.45, 2.75) is 0 Å². The van der Waals surface area contributed by atoms with E-state index in [4.69, 9.17) is 0 Å². The molecular weight excluding hydrogens is 101 g/mol. The van der Waals surface area contributed by atoms with Crippen LogP contribution in [0.5, 0.6) is 0 Å². The summed E-state index contributed by atoms with van der Waals surface area (Å²) in [6.45, 7) is 3.11. The highest BCUT2D eigenvalue weighted by Crippen LogP contribution is 2.07. The summed E-state index contributed by atoms with van der Waals surface area (Å²) in [7, 11) is -1.97. The van der Waals surface area contributed by atoms with Crippen molar-refractivity contribution in [3.05, 3.63) is 12.8 Å². The van der Waals surface area contributed by atoms with Gasteiger partial charge in [0.25, 0.3) is 0 Å². The van der Waals surface area contributed by atoms with Crippen LogP contribution in [0.1, 0.15) is 0 Å². The minimum absolute atomic E-state index is 1.04. The Labute approximate surface area is 36.7 Å². The van der Waals surface area contributed by atoms with Crippen molar-refractivity contribution in [2.75, 3.05) is 0 Å². The SMILES string of the molecule is C=CO[P+](N)=O. The van der Waals surface area contributed by atoms with Gasteiger partial charge in [0, 0.05) is 4.57 Å². The predicted molar refractivity (Wildman–Crippen MR) is 23.1 cm³/mol. The highest BCUT2D eigenvalue weighted by molar-refractivity contribution is 7.36. The van der Waals surface area contributed by atoms with Crippen molar-refractivity contribution in [3.8, 4) is 0 Å². The van der Waals surface area contributed by atoms with Gasteiger partial charge in [0.2, 0.25) is 0 Å². The molecular formula is C2H5NO2P+. The minimum Gasteiger partial charge on any atom is -0.248 e. The maximum absolute atomic E-state index is 9.68. The summed E-state index contributed by atoms with van der Waals surface area (Å²) in [6, 6.07) is 0. The summed E-state index contributed by atoms with van der Waals surface area (Å²) in [5, 5.41) is 0. The fourth-order valence-electron chi connectivity index (χ4n) is 0.0735. The van der Waals surface area contributed by atoms with E-state index < -0.39 is 8.18 Å². The van der Waals surface area contributed by atoms with Gasteiger partial charge in [-0.05, 0) is 0 Å². The lowest BCUT2D eigenvalue weighted by atomic mass is 11.2. The summed E-state index contributed by atoms with van der Waals surface area (Å²) in [5.74, 6) is 0. The smallest absolute Gasteiger partial charge is 0.248 e. The van der Waals surface area contributed by atoms with Gasteiger partial charge in [0.15, 0.2) is 0 Å². The largest absolute Gasteiger partial charge is 0.660 e. The lowest BCUT2D eigenvalue weighted by Gasteiger charge is -1.65. The summed E-state index contributed by atoms with van der Waals surface area (Å²) in [5.41, 5.74) is 4.62. The monoisotopic (exact) mass is 106 g/mol. The van der Waals surface area contributed by atoms with Gasteiger partial charge in [-0.1, -0.05) is 12.1 Å². The average Bonchev–Trinajstić information content (AvgIpc) is 1.35. The Morgan fingerprint density at radius 2 is 2.50 bits per heavy atom. The molecule has 6 heavy (non-hydrogen) atoms. The molecule has 0 aromatic heterocycles. The first-order valence-corrected chi connectivity index (χ1v) is 2.51. The third-order valence-corrected chi connectivity index (χ3v) is 0.535. The number of hydrogen-bond acceptors (Lipinski definition) is 2. The Morgan fingerprint density at radius 1 is 2.00 bits per heavy atom. The Balaban J connectivity index is 3.05. The van der Waals surface area contributed by atoms with Crippen LogP contribution < -0.4 is 5.50 Å². The Bertz CT molecular complexity index is 71.9. The van der Waals surface area contributed by atoms with Crippen LogP contribution in [0.4, 0.5) is 0 Å². The highest BCUT2D eigenvalue weighted by Gasteiger charge is 2.00. The second-order valence-corrected chi connectivity index (χ2v) is 1.34. The molecule has 0 aromatic carbocycles. The number of nitrogens with two attached hydrogens (primary N) is 1. The first-order valence-electron chi connectivity index (χ1n) is 1.27. The molecule has 0 saturated carbocycles. The fourth-order valence-corrected chi connectivity index (χ4v) is 0.220. The van der Waals surface area contributed by atoms with E-state index in [9.17, 15) is 4.57 Å². The van der Waals surface area contributed by atoms with Gasteiger partial charge >= 0.3 is 8.18 Å². The molecule has 1 atom stereocenters.